The van der Waals surface area contributed by atoms with E-state index in [0.29, 0.717) is 11.8 Å². The van der Waals surface area contributed by atoms with Gasteiger partial charge in [-0.25, -0.2) is 4.98 Å². The van der Waals surface area contributed by atoms with Crippen LogP contribution in [0.5, 0.6) is 6.01 Å². The highest BCUT2D eigenvalue weighted by atomic mass is 16.5. The van der Waals surface area contributed by atoms with Crippen LogP contribution in [0.4, 0.5) is 17.2 Å². The van der Waals surface area contributed by atoms with Crippen molar-refractivity contribution in [2.75, 3.05) is 63.1 Å². The summed E-state index contributed by atoms with van der Waals surface area (Å²) in [7, 11) is 2.18. The first kappa shape index (κ1) is 23.6. The highest BCUT2D eigenvalue weighted by Crippen LogP contribution is 2.29. The molecule has 0 radical (unpaired) electrons. The van der Waals surface area contributed by atoms with Gasteiger partial charge in [-0.15, -0.1) is 6.58 Å². The second-order valence-electron chi connectivity index (χ2n) is 9.81. The van der Waals surface area contributed by atoms with Crippen LogP contribution >= 0.6 is 0 Å². The zero-order valence-electron chi connectivity index (χ0n) is 21.0. The quantitative estimate of drug-likeness (QED) is 0.495. The molecule has 9 heteroatoms. The predicted molar refractivity (Wildman–Crippen MR) is 141 cm³/mol. The number of piperazine rings is 1. The zero-order valence-corrected chi connectivity index (χ0v) is 21.0. The van der Waals surface area contributed by atoms with Crippen LogP contribution in [0.25, 0.3) is 11.2 Å². The van der Waals surface area contributed by atoms with Crippen LogP contribution in [0.15, 0.2) is 43.2 Å². The summed E-state index contributed by atoms with van der Waals surface area (Å²) < 4.78 is 8.32. The molecule has 1 aromatic carbocycles. The lowest BCUT2D eigenvalue weighted by Crippen LogP contribution is -2.44. The van der Waals surface area contributed by atoms with Crippen LogP contribution in [-0.2, 0) is 0 Å². The number of benzene rings is 1. The summed E-state index contributed by atoms with van der Waals surface area (Å²) in [5.41, 5.74) is 3.73. The molecule has 1 unspecified atom stereocenters. The summed E-state index contributed by atoms with van der Waals surface area (Å²) in [5, 5.41) is 3.47. The number of fused-ring (bicyclic) bond motifs is 1. The van der Waals surface area contributed by atoms with Gasteiger partial charge in [0.05, 0.1) is 6.33 Å². The Morgan fingerprint density at radius 1 is 1.11 bits per heavy atom. The summed E-state index contributed by atoms with van der Waals surface area (Å²) in [5.74, 6) is 0.665. The molecule has 1 atom stereocenters. The van der Waals surface area contributed by atoms with Gasteiger partial charge in [0.15, 0.2) is 17.0 Å². The summed E-state index contributed by atoms with van der Waals surface area (Å²) in [4.78, 5) is 21.3. The molecule has 2 aromatic heterocycles. The average molecular weight is 477 g/mol. The van der Waals surface area contributed by atoms with Crippen molar-refractivity contribution in [1.29, 1.82) is 0 Å². The summed E-state index contributed by atoms with van der Waals surface area (Å²) in [6, 6.07) is 9.17. The number of hydrogen-bond donors (Lipinski definition) is 1. The summed E-state index contributed by atoms with van der Waals surface area (Å²) in [6.45, 7) is 15.1. The molecule has 9 nitrogen and oxygen atoms in total. The van der Waals surface area contributed by atoms with E-state index in [1.165, 1.54) is 5.69 Å². The summed E-state index contributed by atoms with van der Waals surface area (Å²) in [6.07, 6.45) is 4.79. The molecule has 0 bridgehead atoms. The maximum absolute atomic E-state index is 6.26. The van der Waals surface area contributed by atoms with Gasteiger partial charge < -0.3 is 24.4 Å². The smallest absolute Gasteiger partial charge is 0.320 e. The maximum atomic E-state index is 6.26. The number of likely N-dealkylation sites (tertiary alicyclic amines) is 1. The third-order valence-electron chi connectivity index (χ3n) is 6.84. The molecule has 186 valence electrons. The average Bonchev–Trinajstić information content (AvgIpc) is 3.47. The van der Waals surface area contributed by atoms with Gasteiger partial charge in [0, 0.05) is 63.2 Å². The molecule has 4 heterocycles. The highest BCUT2D eigenvalue weighted by Gasteiger charge is 2.25. The van der Waals surface area contributed by atoms with Crippen molar-refractivity contribution in [3.63, 3.8) is 0 Å². The lowest BCUT2D eigenvalue weighted by Gasteiger charge is -2.34. The van der Waals surface area contributed by atoms with Gasteiger partial charge >= 0.3 is 6.01 Å². The third-order valence-corrected chi connectivity index (χ3v) is 6.84. The van der Waals surface area contributed by atoms with Crippen LogP contribution in [0.1, 0.15) is 26.3 Å². The fourth-order valence-electron chi connectivity index (χ4n) is 4.76. The Morgan fingerprint density at radius 2 is 1.89 bits per heavy atom. The molecular formula is C26H36N8O. The molecule has 2 aliphatic rings. The van der Waals surface area contributed by atoms with Gasteiger partial charge in [-0.05, 0) is 51.6 Å². The number of ether oxygens (including phenoxy) is 1. The molecule has 0 saturated carbocycles. The van der Waals surface area contributed by atoms with E-state index in [9.17, 15) is 0 Å². The Hall–Kier alpha value is -3.17. The summed E-state index contributed by atoms with van der Waals surface area (Å²) >= 11 is 0. The number of aromatic nitrogens is 4. The minimum absolute atomic E-state index is 0.0681. The number of anilines is 3. The Morgan fingerprint density at radius 3 is 2.60 bits per heavy atom. The normalized spacial score (nSPS) is 19.5. The first-order valence-corrected chi connectivity index (χ1v) is 12.5. The monoisotopic (exact) mass is 476 g/mol. The topological polar surface area (TPSA) is 74.6 Å². The van der Waals surface area contributed by atoms with E-state index < -0.39 is 0 Å². The van der Waals surface area contributed by atoms with E-state index in [2.05, 4.69) is 81.3 Å². The molecule has 1 N–H and O–H groups in total. The van der Waals surface area contributed by atoms with E-state index >= 15 is 0 Å². The zero-order chi connectivity index (χ0) is 24.4. The number of nitrogens with one attached hydrogen (secondary N) is 1. The van der Waals surface area contributed by atoms with Crippen molar-refractivity contribution in [3.05, 3.63) is 43.2 Å². The molecule has 0 amide bonds. The van der Waals surface area contributed by atoms with Crippen LogP contribution < -0.4 is 15.0 Å². The minimum atomic E-state index is 0.0681. The largest absolute Gasteiger partial charge is 0.459 e. The van der Waals surface area contributed by atoms with Crippen molar-refractivity contribution in [2.24, 2.45) is 0 Å². The Labute approximate surface area is 207 Å². The van der Waals surface area contributed by atoms with Gasteiger partial charge in [0.1, 0.15) is 6.10 Å². The van der Waals surface area contributed by atoms with Gasteiger partial charge in [0.2, 0.25) is 0 Å². The number of hydrogen-bond acceptors (Lipinski definition) is 8. The lowest BCUT2D eigenvalue weighted by molar-refractivity contribution is 0.189. The number of likely N-dealkylation sites (N-methyl/N-ethyl adjacent to an activating group) is 1. The Kier molecular flexibility index (Phi) is 6.88. The van der Waals surface area contributed by atoms with E-state index in [0.717, 1.165) is 69.1 Å². The Bertz CT molecular complexity index is 1150. The Balaban J connectivity index is 1.38. The fourth-order valence-corrected chi connectivity index (χ4v) is 4.76. The van der Waals surface area contributed by atoms with Gasteiger partial charge in [-0.1, -0.05) is 6.08 Å². The molecule has 2 aliphatic heterocycles. The van der Waals surface area contributed by atoms with Crippen molar-refractivity contribution < 1.29 is 4.74 Å². The maximum Gasteiger partial charge on any atom is 0.320 e. The SMILES string of the molecule is C=CCN1CCC(Oc2nc(Nc3ccc(N4CCN(C)CC4)cc3)c3ncn(C(C)C)c3n2)C1. The standard InChI is InChI=1S/C26H36N8O/c1-5-11-32-12-10-22(17-32)35-26-29-24(23-25(30-26)34(18-27-23)19(2)3)28-20-6-8-21(9-7-20)33-15-13-31(4)14-16-33/h5-9,18-19,22H,1,10-17H2,2-4H3,(H,28,29,30). The van der Waals surface area contributed by atoms with Crippen molar-refractivity contribution in [1.82, 2.24) is 29.3 Å². The number of nitrogens with zero attached hydrogens (tertiary/aromatic N) is 7. The minimum Gasteiger partial charge on any atom is -0.459 e. The number of rotatable bonds is 8. The predicted octanol–water partition coefficient (Wildman–Crippen LogP) is 3.54. The van der Waals surface area contributed by atoms with Crippen molar-refractivity contribution in [2.45, 2.75) is 32.4 Å². The molecule has 35 heavy (non-hydrogen) atoms. The molecule has 2 saturated heterocycles. The van der Waals surface area contributed by atoms with Crippen LogP contribution in [0.2, 0.25) is 0 Å². The van der Waals surface area contributed by atoms with Crippen molar-refractivity contribution in [3.8, 4) is 6.01 Å². The highest BCUT2D eigenvalue weighted by molar-refractivity contribution is 5.86. The van der Waals surface area contributed by atoms with Crippen LogP contribution in [0.3, 0.4) is 0 Å². The molecule has 5 rings (SSSR count). The van der Waals surface area contributed by atoms with E-state index in [4.69, 9.17) is 14.7 Å². The first-order chi connectivity index (χ1) is 17.0. The van der Waals surface area contributed by atoms with E-state index in [1.807, 2.05) is 12.4 Å². The van der Waals surface area contributed by atoms with E-state index in [1.54, 1.807) is 0 Å². The third kappa shape index (κ3) is 5.26. The van der Waals surface area contributed by atoms with E-state index in [-0.39, 0.29) is 12.1 Å². The molecular weight excluding hydrogens is 440 g/mol. The van der Waals surface area contributed by atoms with Gasteiger partial charge in [-0.3, -0.25) is 4.90 Å². The van der Waals surface area contributed by atoms with Gasteiger partial charge in [-0.2, -0.15) is 9.97 Å². The lowest BCUT2D eigenvalue weighted by atomic mass is 10.2. The van der Waals surface area contributed by atoms with Crippen LogP contribution in [0, 0.1) is 0 Å². The fraction of sp³-hybridized carbons (Fsp3) is 0.500. The molecule has 3 aromatic rings. The first-order valence-electron chi connectivity index (χ1n) is 12.5. The number of imidazole rings is 1. The molecule has 0 spiro atoms. The second kappa shape index (κ2) is 10.2. The molecule has 0 aliphatic carbocycles. The van der Waals surface area contributed by atoms with Crippen molar-refractivity contribution >= 4 is 28.4 Å². The second-order valence-corrected chi connectivity index (χ2v) is 9.81. The van der Waals surface area contributed by atoms with Crippen LogP contribution in [-0.4, -0.2) is 88.3 Å². The molecule has 2 fully saturated rings. The van der Waals surface area contributed by atoms with Gasteiger partial charge in [0.25, 0.3) is 0 Å².